The minimum Gasteiger partial charge on any atom is -0.311 e. The van der Waals surface area contributed by atoms with Crippen LogP contribution in [0.15, 0.2) is 0 Å². The van der Waals surface area contributed by atoms with Crippen LogP contribution in [0.1, 0.15) is 39.2 Å². The fourth-order valence-corrected chi connectivity index (χ4v) is 2.44. The maximum Gasteiger partial charge on any atom is 0.158 e. The van der Waals surface area contributed by atoms with Crippen molar-refractivity contribution in [3.8, 4) is 0 Å². The van der Waals surface area contributed by atoms with E-state index < -0.39 is 0 Å². The zero-order valence-electron chi connectivity index (χ0n) is 12.7. The van der Waals surface area contributed by atoms with E-state index in [1.165, 1.54) is 0 Å². The summed E-state index contributed by atoms with van der Waals surface area (Å²) in [5.74, 6) is 1.95. The van der Waals surface area contributed by atoms with Crippen LogP contribution in [0.2, 0.25) is 0 Å². The van der Waals surface area contributed by atoms with Gasteiger partial charge in [-0.2, -0.15) is 5.10 Å². The van der Waals surface area contributed by atoms with Crippen molar-refractivity contribution in [2.24, 2.45) is 18.4 Å². The summed E-state index contributed by atoms with van der Waals surface area (Å²) in [6.07, 6.45) is 0. The molecule has 2 heterocycles. The maximum atomic E-state index is 6.06. The molecule has 106 valence electrons. The van der Waals surface area contributed by atoms with E-state index in [2.05, 4.69) is 42.3 Å². The average Bonchev–Trinajstić information content (AvgIpc) is 2.78. The molecule has 0 bridgehead atoms. The van der Waals surface area contributed by atoms with Crippen LogP contribution in [-0.2, 0) is 19.5 Å². The van der Waals surface area contributed by atoms with Crippen LogP contribution in [0.4, 0.5) is 0 Å². The Morgan fingerprint density at radius 1 is 1.32 bits per heavy atom. The van der Waals surface area contributed by atoms with Gasteiger partial charge in [-0.05, 0) is 18.3 Å². The van der Waals surface area contributed by atoms with E-state index in [1.54, 1.807) is 0 Å². The minimum absolute atomic E-state index is 0.187. The first kappa shape index (κ1) is 14.4. The van der Waals surface area contributed by atoms with Crippen LogP contribution in [-0.4, -0.2) is 19.3 Å². The molecule has 0 N–H and O–H groups in total. The van der Waals surface area contributed by atoms with Gasteiger partial charge < -0.3 is 4.57 Å². The molecular weight excluding hydrogens is 260 g/mol. The number of nitrogens with zero attached hydrogens (tertiary/aromatic N) is 4. The molecular formula is C14H23ClN4. The fraction of sp³-hybridized carbons (Fsp3) is 0.714. The van der Waals surface area contributed by atoms with Gasteiger partial charge in [0.05, 0.1) is 11.6 Å². The second kappa shape index (κ2) is 4.82. The third kappa shape index (κ3) is 2.38. The highest BCUT2D eigenvalue weighted by Crippen LogP contribution is 2.31. The predicted octanol–water partition coefficient (Wildman–Crippen LogP) is 3.50. The first-order valence-electron chi connectivity index (χ1n) is 6.72. The largest absolute Gasteiger partial charge is 0.311 e. The van der Waals surface area contributed by atoms with Crippen molar-refractivity contribution in [1.29, 1.82) is 0 Å². The zero-order chi connectivity index (χ0) is 14.4. The lowest BCUT2D eigenvalue weighted by molar-refractivity contribution is 0.210. The van der Waals surface area contributed by atoms with Gasteiger partial charge in [-0.15, -0.1) is 11.6 Å². The van der Waals surface area contributed by atoms with E-state index in [4.69, 9.17) is 11.6 Å². The molecule has 0 atom stereocenters. The van der Waals surface area contributed by atoms with Crippen molar-refractivity contribution < 1.29 is 0 Å². The van der Waals surface area contributed by atoms with Crippen molar-refractivity contribution in [1.82, 2.24) is 19.3 Å². The van der Waals surface area contributed by atoms with E-state index in [0.29, 0.717) is 11.8 Å². The number of aromatic nitrogens is 4. The Bertz CT molecular complexity index is 592. The van der Waals surface area contributed by atoms with Crippen LogP contribution < -0.4 is 0 Å². The standard InChI is InChI=1S/C14H23ClN4/c1-9(2)14(4,5)8-19-11(7-15)16-12-10(3)17-18(6)13(12)19/h9H,7-8H2,1-6H3. The third-order valence-corrected chi connectivity index (χ3v) is 4.46. The predicted molar refractivity (Wildman–Crippen MR) is 79.4 cm³/mol. The highest BCUT2D eigenvalue weighted by molar-refractivity contribution is 6.16. The highest BCUT2D eigenvalue weighted by atomic mass is 35.5. The lowest BCUT2D eigenvalue weighted by Crippen LogP contribution is -2.27. The Morgan fingerprint density at radius 2 is 1.95 bits per heavy atom. The Labute approximate surface area is 119 Å². The van der Waals surface area contributed by atoms with Gasteiger partial charge in [0.2, 0.25) is 0 Å². The van der Waals surface area contributed by atoms with E-state index in [0.717, 1.165) is 29.2 Å². The molecule has 0 aliphatic carbocycles. The molecule has 0 spiro atoms. The second-order valence-electron chi connectivity index (χ2n) is 6.27. The molecule has 0 amide bonds. The summed E-state index contributed by atoms with van der Waals surface area (Å²) in [7, 11) is 1.97. The summed E-state index contributed by atoms with van der Waals surface area (Å²) in [5, 5.41) is 4.45. The molecule has 0 unspecified atom stereocenters. The summed E-state index contributed by atoms with van der Waals surface area (Å²) >= 11 is 6.06. The third-order valence-electron chi connectivity index (χ3n) is 4.22. The monoisotopic (exact) mass is 282 g/mol. The molecule has 0 aliphatic rings. The number of hydrogen-bond donors (Lipinski definition) is 0. The van der Waals surface area contributed by atoms with E-state index >= 15 is 0 Å². The van der Waals surface area contributed by atoms with Crippen molar-refractivity contribution in [3.05, 3.63) is 11.5 Å². The minimum atomic E-state index is 0.187. The van der Waals surface area contributed by atoms with Crippen LogP contribution in [0, 0.1) is 18.3 Å². The van der Waals surface area contributed by atoms with Gasteiger partial charge in [-0.25, -0.2) is 4.98 Å². The normalized spacial score (nSPS) is 12.8. The number of aryl methyl sites for hydroxylation is 2. The lowest BCUT2D eigenvalue weighted by atomic mass is 9.81. The average molecular weight is 283 g/mol. The molecule has 0 aliphatic heterocycles. The molecule has 0 saturated carbocycles. The molecule has 19 heavy (non-hydrogen) atoms. The summed E-state index contributed by atoms with van der Waals surface area (Å²) in [6, 6.07) is 0. The van der Waals surface area contributed by atoms with E-state index in [1.807, 2.05) is 18.7 Å². The Kier molecular flexibility index (Phi) is 3.65. The van der Waals surface area contributed by atoms with Crippen molar-refractivity contribution in [3.63, 3.8) is 0 Å². The van der Waals surface area contributed by atoms with Crippen molar-refractivity contribution in [2.45, 2.75) is 47.0 Å². The first-order valence-corrected chi connectivity index (χ1v) is 7.26. The van der Waals surface area contributed by atoms with E-state index in [9.17, 15) is 0 Å². The molecule has 0 fully saturated rings. The quantitative estimate of drug-likeness (QED) is 0.805. The van der Waals surface area contributed by atoms with Crippen molar-refractivity contribution in [2.75, 3.05) is 0 Å². The molecule has 2 aromatic rings. The van der Waals surface area contributed by atoms with Gasteiger partial charge >= 0.3 is 0 Å². The molecule has 2 aromatic heterocycles. The van der Waals surface area contributed by atoms with Crippen LogP contribution in [0.3, 0.4) is 0 Å². The van der Waals surface area contributed by atoms with Crippen LogP contribution >= 0.6 is 11.6 Å². The van der Waals surface area contributed by atoms with Crippen molar-refractivity contribution >= 4 is 22.8 Å². The number of fused-ring (bicyclic) bond motifs is 1. The number of imidazole rings is 1. The number of alkyl halides is 1. The lowest BCUT2D eigenvalue weighted by Gasteiger charge is -2.30. The summed E-state index contributed by atoms with van der Waals surface area (Å²) in [4.78, 5) is 4.64. The number of halogens is 1. The Hall–Kier alpha value is -1.03. The van der Waals surface area contributed by atoms with E-state index in [-0.39, 0.29) is 5.41 Å². The highest BCUT2D eigenvalue weighted by Gasteiger charge is 2.26. The fourth-order valence-electron chi connectivity index (χ4n) is 2.24. The van der Waals surface area contributed by atoms with Crippen LogP contribution in [0.5, 0.6) is 0 Å². The molecule has 2 rings (SSSR count). The summed E-state index contributed by atoms with van der Waals surface area (Å²) in [6.45, 7) is 12.0. The molecule has 4 nitrogen and oxygen atoms in total. The smallest absolute Gasteiger partial charge is 0.158 e. The van der Waals surface area contributed by atoms with Crippen LogP contribution in [0.25, 0.3) is 11.2 Å². The second-order valence-corrected chi connectivity index (χ2v) is 6.54. The van der Waals surface area contributed by atoms with Gasteiger partial charge in [0.1, 0.15) is 11.3 Å². The first-order chi connectivity index (χ1) is 8.77. The topological polar surface area (TPSA) is 35.6 Å². The Morgan fingerprint density at radius 3 is 2.47 bits per heavy atom. The van der Waals surface area contributed by atoms with Gasteiger partial charge in [-0.3, -0.25) is 4.68 Å². The zero-order valence-corrected chi connectivity index (χ0v) is 13.4. The maximum absolute atomic E-state index is 6.06. The van der Waals surface area contributed by atoms with Gasteiger partial charge in [0.25, 0.3) is 0 Å². The Balaban J connectivity index is 2.58. The van der Waals surface area contributed by atoms with Gasteiger partial charge in [-0.1, -0.05) is 27.7 Å². The van der Waals surface area contributed by atoms with Gasteiger partial charge in [0, 0.05) is 13.6 Å². The summed E-state index contributed by atoms with van der Waals surface area (Å²) in [5.41, 5.74) is 3.19. The number of hydrogen-bond acceptors (Lipinski definition) is 2. The summed E-state index contributed by atoms with van der Waals surface area (Å²) < 4.78 is 4.13. The molecule has 0 aromatic carbocycles. The molecule has 0 radical (unpaired) electrons. The van der Waals surface area contributed by atoms with Gasteiger partial charge in [0.15, 0.2) is 5.65 Å². The SMILES string of the molecule is Cc1nn(C)c2c1nc(CCl)n2CC(C)(C)C(C)C. The molecule has 5 heteroatoms. The molecule has 0 saturated heterocycles. The number of rotatable bonds is 4.